The van der Waals surface area contributed by atoms with Gasteiger partial charge in [0.05, 0.1) is 11.4 Å². The van der Waals surface area contributed by atoms with Crippen molar-refractivity contribution < 1.29 is 9.59 Å². The van der Waals surface area contributed by atoms with Crippen molar-refractivity contribution in [1.29, 1.82) is 0 Å². The molecule has 3 rings (SSSR count). The standard InChI is InChI=1S/C26H31ClN4O2.C2H6/c1-15(2)25(32)28-14-21-9-8-20(13-16(21)3)26(33)31-12-11-22-24(30-19(6)29-22)18(5)23(31)10-7-17(4)27;1-2/h7-10,13,15H,5,11-12,14H2,1-4,6H3,(H,28,32)(H,29,30);1-2H3/b17-7+,23-10+;. The van der Waals surface area contributed by atoms with E-state index in [-0.39, 0.29) is 17.7 Å². The summed E-state index contributed by atoms with van der Waals surface area (Å²) in [5.41, 5.74) is 5.61. The third-order valence-corrected chi connectivity index (χ3v) is 5.78. The summed E-state index contributed by atoms with van der Waals surface area (Å²) in [5, 5.41) is 3.53. The third-order valence-electron chi connectivity index (χ3n) is 5.65. The molecule has 7 heteroatoms. The van der Waals surface area contributed by atoms with E-state index in [4.69, 9.17) is 11.6 Å². The average molecular weight is 497 g/mol. The highest BCUT2D eigenvalue weighted by Gasteiger charge is 2.28. The fourth-order valence-electron chi connectivity index (χ4n) is 3.76. The fourth-order valence-corrected chi connectivity index (χ4v) is 3.83. The molecule has 2 heterocycles. The number of hydrogen-bond acceptors (Lipinski definition) is 3. The van der Waals surface area contributed by atoms with Crippen LogP contribution in [0.15, 0.2) is 47.7 Å². The molecule has 2 amide bonds. The number of carbonyl (C=O) groups is 2. The minimum Gasteiger partial charge on any atom is -0.352 e. The summed E-state index contributed by atoms with van der Waals surface area (Å²) in [7, 11) is 0. The molecule has 2 aromatic rings. The van der Waals surface area contributed by atoms with Gasteiger partial charge in [0.2, 0.25) is 5.91 Å². The second-order valence-electron chi connectivity index (χ2n) is 8.65. The third kappa shape index (κ3) is 6.95. The monoisotopic (exact) mass is 496 g/mol. The van der Waals surface area contributed by atoms with Gasteiger partial charge in [0, 0.05) is 47.3 Å². The Labute approximate surface area is 214 Å². The first-order valence-electron chi connectivity index (χ1n) is 12.1. The van der Waals surface area contributed by atoms with Gasteiger partial charge in [0.1, 0.15) is 5.82 Å². The molecule has 1 aromatic heterocycles. The van der Waals surface area contributed by atoms with Gasteiger partial charge in [0.15, 0.2) is 0 Å². The van der Waals surface area contributed by atoms with Gasteiger partial charge in [-0.2, -0.15) is 0 Å². The molecule has 2 N–H and O–H groups in total. The quantitative estimate of drug-likeness (QED) is 0.527. The maximum absolute atomic E-state index is 13.6. The van der Waals surface area contributed by atoms with Crippen LogP contribution in [-0.4, -0.2) is 33.2 Å². The van der Waals surface area contributed by atoms with Gasteiger partial charge >= 0.3 is 0 Å². The van der Waals surface area contributed by atoms with Crippen LogP contribution in [0.4, 0.5) is 0 Å². The molecule has 188 valence electrons. The number of fused-ring (bicyclic) bond motifs is 1. The van der Waals surface area contributed by atoms with Crippen molar-refractivity contribution in [3.63, 3.8) is 0 Å². The van der Waals surface area contributed by atoms with Crippen molar-refractivity contribution >= 4 is 29.0 Å². The van der Waals surface area contributed by atoms with E-state index in [0.717, 1.165) is 28.3 Å². The number of benzene rings is 1. The molecular formula is C28H37ClN4O2. The van der Waals surface area contributed by atoms with Crippen LogP contribution < -0.4 is 5.32 Å². The molecule has 0 aliphatic carbocycles. The molecule has 0 saturated heterocycles. The highest BCUT2D eigenvalue weighted by Crippen LogP contribution is 2.31. The zero-order valence-corrected chi connectivity index (χ0v) is 22.6. The Morgan fingerprint density at radius 2 is 1.97 bits per heavy atom. The SMILES string of the molecule is C=C1/C(=C\C=C(/C)Cl)N(C(=O)c2ccc(CNC(=O)C(C)C)c(C)c2)CCc2[nH]c(C)nc21.CC. The van der Waals surface area contributed by atoms with Crippen LogP contribution in [0.5, 0.6) is 0 Å². The summed E-state index contributed by atoms with van der Waals surface area (Å²) in [4.78, 5) is 35.1. The lowest BCUT2D eigenvalue weighted by atomic mass is 10.0. The Kier molecular flexibility index (Phi) is 10.1. The molecule has 35 heavy (non-hydrogen) atoms. The Hall–Kier alpha value is -3.12. The fraction of sp³-hybridized carbons (Fsp3) is 0.393. The molecular weight excluding hydrogens is 460 g/mol. The van der Waals surface area contributed by atoms with E-state index in [1.54, 1.807) is 17.9 Å². The summed E-state index contributed by atoms with van der Waals surface area (Å²) in [5.74, 6) is 0.629. The van der Waals surface area contributed by atoms with Gasteiger partial charge in [0.25, 0.3) is 5.91 Å². The summed E-state index contributed by atoms with van der Waals surface area (Å²) in [6.45, 7) is 18.5. The number of aryl methyl sites for hydroxylation is 2. The van der Waals surface area contributed by atoms with Gasteiger partial charge in [-0.15, -0.1) is 0 Å². The number of imidazole rings is 1. The first-order valence-corrected chi connectivity index (χ1v) is 12.4. The number of nitrogens with one attached hydrogen (secondary N) is 2. The van der Waals surface area contributed by atoms with Crippen LogP contribution in [0, 0.1) is 19.8 Å². The Morgan fingerprint density at radius 1 is 1.29 bits per heavy atom. The van der Waals surface area contributed by atoms with Crippen molar-refractivity contribution in [3.05, 3.63) is 81.6 Å². The van der Waals surface area contributed by atoms with Gasteiger partial charge in [-0.25, -0.2) is 4.98 Å². The minimum absolute atomic E-state index is 0.00195. The van der Waals surface area contributed by atoms with Crippen molar-refractivity contribution in [2.75, 3.05) is 6.54 Å². The number of aromatic nitrogens is 2. The molecule has 1 aliphatic heterocycles. The molecule has 1 aliphatic rings. The average Bonchev–Trinajstić information content (AvgIpc) is 3.15. The maximum Gasteiger partial charge on any atom is 0.258 e. The van der Waals surface area contributed by atoms with E-state index in [9.17, 15) is 9.59 Å². The zero-order valence-electron chi connectivity index (χ0n) is 21.9. The minimum atomic E-state index is -0.120. The number of H-pyrrole nitrogens is 1. The molecule has 0 saturated carbocycles. The predicted molar refractivity (Wildman–Crippen MR) is 144 cm³/mol. The Balaban J connectivity index is 0.00000210. The van der Waals surface area contributed by atoms with Crippen molar-refractivity contribution in [2.24, 2.45) is 5.92 Å². The smallest absolute Gasteiger partial charge is 0.258 e. The summed E-state index contributed by atoms with van der Waals surface area (Å²) >= 11 is 6.08. The number of hydrogen-bond donors (Lipinski definition) is 2. The van der Waals surface area contributed by atoms with E-state index >= 15 is 0 Å². The molecule has 0 bridgehead atoms. The number of allylic oxidation sites excluding steroid dienone is 4. The van der Waals surface area contributed by atoms with Gasteiger partial charge in [-0.05, 0) is 56.2 Å². The Morgan fingerprint density at radius 3 is 2.57 bits per heavy atom. The van der Waals surface area contributed by atoms with Crippen LogP contribution >= 0.6 is 11.6 Å². The second kappa shape index (κ2) is 12.5. The Bertz CT molecular complexity index is 1150. The molecule has 6 nitrogen and oxygen atoms in total. The van der Waals surface area contributed by atoms with Crippen molar-refractivity contribution in [1.82, 2.24) is 20.2 Å². The number of carbonyl (C=O) groups excluding carboxylic acids is 2. The van der Waals surface area contributed by atoms with E-state index in [2.05, 4.69) is 21.9 Å². The molecule has 0 radical (unpaired) electrons. The predicted octanol–water partition coefficient (Wildman–Crippen LogP) is 6.06. The topological polar surface area (TPSA) is 78.1 Å². The van der Waals surface area contributed by atoms with E-state index < -0.39 is 0 Å². The lowest BCUT2D eigenvalue weighted by Crippen LogP contribution is -2.32. The normalized spacial score (nSPS) is 14.9. The maximum atomic E-state index is 13.6. The number of rotatable bonds is 5. The summed E-state index contributed by atoms with van der Waals surface area (Å²) < 4.78 is 0. The van der Waals surface area contributed by atoms with Crippen LogP contribution in [0.2, 0.25) is 0 Å². The van der Waals surface area contributed by atoms with E-state index in [0.29, 0.717) is 41.4 Å². The largest absolute Gasteiger partial charge is 0.352 e. The molecule has 1 aromatic carbocycles. The van der Waals surface area contributed by atoms with Crippen LogP contribution in [0.25, 0.3) is 5.57 Å². The van der Waals surface area contributed by atoms with E-state index in [1.165, 1.54) is 0 Å². The summed E-state index contributed by atoms with van der Waals surface area (Å²) in [6.07, 6.45) is 4.23. The van der Waals surface area contributed by atoms with Gasteiger partial charge < -0.3 is 15.2 Å². The van der Waals surface area contributed by atoms with Gasteiger partial charge in [-0.3, -0.25) is 9.59 Å². The lowest BCUT2D eigenvalue weighted by Gasteiger charge is -2.24. The number of aromatic amines is 1. The van der Waals surface area contributed by atoms with Crippen LogP contribution in [-0.2, 0) is 17.8 Å². The zero-order chi connectivity index (χ0) is 26.3. The molecule has 0 unspecified atom stereocenters. The first-order chi connectivity index (χ1) is 16.6. The van der Waals surface area contributed by atoms with E-state index in [1.807, 2.05) is 65.8 Å². The number of halogens is 1. The van der Waals surface area contributed by atoms with Crippen molar-refractivity contribution in [3.8, 4) is 0 Å². The molecule has 0 fully saturated rings. The summed E-state index contributed by atoms with van der Waals surface area (Å²) in [6, 6.07) is 5.58. The first kappa shape index (κ1) is 28.1. The van der Waals surface area contributed by atoms with Crippen LogP contribution in [0.3, 0.4) is 0 Å². The number of amides is 2. The van der Waals surface area contributed by atoms with Gasteiger partial charge in [-0.1, -0.05) is 51.9 Å². The van der Waals surface area contributed by atoms with Crippen molar-refractivity contribution in [2.45, 2.75) is 61.4 Å². The molecule has 0 atom stereocenters. The molecule has 0 spiro atoms. The highest BCUT2D eigenvalue weighted by atomic mass is 35.5. The number of nitrogens with zero attached hydrogens (tertiary/aromatic N) is 2. The van der Waals surface area contributed by atoms with Crippen LogP contribution in [0.1, 0.15) is 73.3 Å². The second-order valence-corrected chi connectivity index (χ2v) is 9.25. The highest BCUT2D eigenvalue weighted by molar-refractivity contribution is 6.29. The lowest BCUT2D eigenvalue weighted by molar-refractivity contribution is -0.124.